The summed E-state index contributed by atoms with van der Waals surface area (Å²) in [6, 6.07) is 0. The van der Waals surface area contributed by atoms with Gasteiger partial charge in [-0.05, 0) is 29.7 Å². The van der Waals surface area contributed by atoms with E-state index in [-0.39, 0.29) is 0 Å². The van der Waals surface area contributed by atoms with E-state index < -0.39 is 0 Å². The zero-order chi connectivity index (χ0) is 10.1. The van der Waals surface area contributed by atoms with E-state index >= 15 is 0 Å². The van der Waals surface area contributed by atoms with Crippen LogP contribution >= 0.6 is 0 Å². The molecule has 0 bridgehead atoms. The highest BCUT2D eigenvalue weighted by molar-refractivity contribution is 5.22. The molecule has 1 aliphatic heterocycles. The summed E-state index contributed by atoms with van der Waals surface area (Å²) < 4.78 is 0. The Bertz CT molecular complexity index is 206. The Hall–Kier alpha value is -0.460. The maximum atomic E-state index is 3.55. The van der Waals surface area contributed by atoms with Crippen LogP contribution in [0.2, 0.25) is 0 Å². The topological polar surface area (TPSA) is 12.0 Å². The van der Waals surface area contributed by atoms with E-state index in [0.717, 1.165) is 6.54 Å². The molecule has 1 aliphatic rings. The quantitative estimate of drug-likeness (QED) is 0.654. The molecule has 1 heterocycles. The lowest BCUT2D eigenvalue weighted by Gasteiger charge is -2.33. The van der Waals surface area contributed by atoms with E-state index in [1.54, 1.807) is 5.57 Å². The van der Waals surface area contributed by atoms with E-state index in [1.807, 2.05) is 0 Å². The first-order valence-corrected chi connectivity index (χ1v) is 5.40. The maximum Gasteiger partial charge on any atom is 0.0147 e. The van der Waals surface area contributed by atoms with Crippen molar-refractivity contribution in [3.8, 4) is 0 Å². The Kier molecular flexibility index (Phi) is 3.05. The molecule has 0 amide bonds. The van der Waals surface area contributed by atoms with Gasteiger partial charge in [0.15, 0.2) is 0 Å². The lowest BCUT2D eigenvalue weighted by atomic mass is 9.79. The van der Waals surface area contributed by atoms with Gasteiger partial charge in [-0.1, -0.05) is 34.6 Å². The molecular formula is C12H23N. The molecule has 1 rings (SSSR count). The first kappa shape index (κ1) is 10.6. The summed E-state index contributed by atoms with van der Waals surface area (Å²) in [7, 11) is 0. The SMILES string of the molecule is CC(C)C1=C(C(C)(C)C)CCCN1. The summed E-state index contributed by atoms with van der Waals surface area (Å²) >= 11 is 0. The average molecular weight is 181 g/mol. The van der Waals surface area contributed by atoms with Crippen LogP contribution < -0.4 is 5.32 Å². The molecule has 0 unspecified atom stereocenters. The lowest BCUT2D eigenvalue weighted by Crippen LogP contribution is -2.29. The summed E-state index contributed by atoms with van der Waals surface area (Å²) in [4.78, 5) is 0. The Morgan fingerprint density at radius 1 is 1.23 bits per heavy atom. The third-order valence-electron chi connectivity index (χ3n) is 2.73. The Labute approximate surface area is 82.6 Å². The van der Waals surface area contributed by atoms with Gasteiger partial charge in [0.05, 0.1) is 0 Å². The predicted octanol–water partition coefficient (Wildman–Crippen LogP) is 3.33. The number of rotatable bonds is 1. The predicted molar refractivity (Wildman–Crippen MR) is 58.6 cm³/mol. The maximum absolute atomic E-state index is 3.55. The second-order valence-electron chi connectivity index (χ2n) is 5.33. The van der Waals surface area contributed by atoms with Crippen LogP contribution in [0.25, 0.3) is 0 Å². The molecule has 1 heteroatoms. The molecule has 0 spiro atoms. The highest BCUT2D eigenvalue weighted by Gasteiger charge is 2.24. The highest BCUT2D eigenvalue weighted by atomic mass is 14.9. The van der Waals surface area contributed by atoms with Crippen LogP contribution in [0.15, 0.2) is 11.3 Å². The van der Waals surface area contributed by atoms with Crippen LogP contribution in [0.3, 0.4) is 0 Å². The molecule has 0 saturated carbocycles. The normalized spacial score (nSPS) is 19.2. The van der Waals surface area contributed by atoms with Crippen molar-refractivity contribution in [3.63, 3.8) is 0 Å². The van der Waals surface area contributed by atoms with Gasteiger partial charge in [-0.15, -0.1) is 0 Å². The summed E-state index contributed by atoms with van der Waals surface area (Å²) in [5.41, 5.74) is 3.47. The van der Waals surface area contributed by atoms with Gasteiger partial charge in [-0.25, -0.2) is 0 Å². The second kappa shape index (κ2) is 3.73. The third-order valence-corrected chi connectivity index (χ3v) is 2.73. The van der Waals surface area contributed by atoms with Crippen LogP contribution in [0.1, 0.15) is 47.5 Å². The average Bonchev–Trinajstić information content (AvgIpc) is 2.03. The summed E-state index contributed by atoms with van der Waals surface area (Å²) in [6.07, 6.45) is 2.58. The molecule has 0 saturated heterocycles. The largest absolute Gasteiger partial charge is 0.388 e. The van der Waals surface area contributed by atoms with Crippen molar-refractivity contribution in [2.24, 2.45) is 11.3 Å². The lowest BCUT2D eigenvalue weighted by molar-refractivity contribution is 0.429. The summed E-state index contributed by atoms with van der Waals surface area (Å²) in [5, 5.41) is 3.55. The van der Waals surface area contributed by atoms with E-state index in [9.17, 15) is 0 Å². The van der Waals surface area contributed by atoms with Gasteiger partial charge in [0.2, 0.25) is 0 Å². The van der Waals surface area contributed by atoms with E-state index in [0.29, 0.717) is 11.3 Å². The van der Waals surface area contributed by atoms with Gasteiger partial charge < -0.3 is 5.32 Å². The molecule has 0 aliphatic carbocycles. The molecule has 0 fully saturated rings. The van der Waals surface area contributed by atoms with Crippen LogP contribution in [0.4, 0.5) is 0 Å². The van der Waals surface area contributed by atoms with Crippen LogP contribution in [-0.4, -0.2) is 6.54 Å². The van der Waals surface area contributed by atoms with Crippen molar-refractivity contribution < 1.29 is 0 Å². The zero-order valence-electron chi connectivity index (χ0n) is 9.70. The van der Waals surface area contributed by atoms with Crippen LogP contribution in [0.5, 0.6) is 0 Å². The van der Waals surface area contributed by atoms with Crippen LogP contribution in [-0.2, 0) is 0 Å². The van der Waals surface area contributed by atoms with Crippen molar-refractivity contribution in [1.29, 1.82) is 0 Å². The number of hydrogen-bond acceptors (Lipinski definition) is 1. The first-order valence-electron chi connectivity index (χ1n) is 5.40. The Morgan fingerprint density at radius 2 is 1.85 bits per heavy atom. The van der Waals surface area contributed by atoms with Gasteiger partial charge in [0.25, 0.3) is 0 Å². The molecule has 0 radical (unpaired) electrons. The molecule has 0 aromatic rings. The molecular weight excluding hydrogens is 158 g/mol. The Morgan fingerprint density at radius 3 is 2.23 bits per heavy atom. The van der Waals surface area contributed by atoms with Crippen molar-refractivity contribution in [2.75, 3.05) is 6.54 Å². The number of allylic oxidation sites excluding steroid dienone is 2. The molecule has 0 aromatic heterocycles. The van der Waals surface area contributed by atoms with Crippen molar-refractivity contribution in [3.05, 3.63) is 11.3 Å². The van der Waals surface area contributed by atoms with Crippen molar-refractivity contribution in [2.45, 2.75) is 47.5 Å². The summed E-state index contributed by atoms with van der Waals surface area (Å²) in [5.74, 6) is 0.648. The number of nitrogens with one attached hydrogen (secondary N) is 1. The minimum Gasteiger partial charge on any atom is -0.388 e. The van der Waals surface area contributed by atoms with Gasteiger partial charge in [-0.2, -0.15) is 0 Å². The first-order chi connectivity index (χ1) is 5.93. The second-order valence-corrected chi connectivity index (χ2v) is 5.33. The van der Waals surface area contributed by atoms with Gasteiger partial charge in [0, 0.05) is 12.2 Å². The molecule has 76 valence electrons. The van der Waals surface area contributed by atoms with Crippen molar-refractivity contribution in [1.82, 2.24) is 5.32 Å². The number of hydrogen-bond donors (Lipinski definition) is 1. The fourth-order valence-electron chi connectivity index (χ4n) is 2.06. The van der Waals surface area contributed by atoms with Crippen molar-refractivity contribution >= 4 is 0 Å². The smallest absolute Gasteiger partial charge is 0.0147 e. The van der Waals surface area contributed by atoms with Crippen LogP contribution in [0, 0.1) is 11.3 Å². The minimum absolute atomic E-state index is 0.340. The third kappa shape index (κ3) is 2.49. The fourth-order valence-corrected chi connectivity index (χ4v) is 2.06. The molecule has 0 aromatic carbocycles. The molecule has 13 heavy (non-hydrogen) atoms. The van der Waals surface area contributed by atoms with Gasteiger partial charge in [0.1, 0.15) is 0 Å². The fraction of sp³-hybridized carbons (Fsp3) is 0.833. The minimum atomic E-state index is 0.340. The molecule has 1 nitrogen and oxygen atoms in total. The monoisotopic (exact) mass is 181 g/mol. The molecule has 0 atom stereocenters. The highest BCUT2D eigenvalue weighted by Crippen LogP contribution is 2.34. The van der Waals surface area contributed by atoms with Gasteiger partial charge >= 0.3 is 0 Å². The zero-order valence-corrected chi connectivity index (χ0v) is 9.70. The Balaban J connectivity index is 2.97. The standard InChI is InChI=1S/C12H23N/c1-9(2)11-10(12(3,4)5)7-6-8-13-11/h9,13H,6-8H2,1-5H3. The summed E-state index contributed by atoms with van der Waals surface area (Å²) in [6.45, 7) is 12.7. The van der Waals surface area contributed by atoms with E-state index in [2.05, 4.69) is 39.9 Å². The van der Waals surface area contributed by atoms with E-state index in [4.69, 9.17) is 0 Å². The van der Waals surface area contributed by atoms with Gasteiger partial charge in [-0.3, -0.25) is 0 Å². The molecule has 1 N–H and O–H groups in total. The van der Waals surface area contributed by atoms with E-state index in [1.165, 1.54) is 18.5 Å².